The van der Waals surface area contributed by atoms with Crippen LogP contribution in [0.3, 0.4) is 0 Å². The molecule has 2 atom stereocenters. The molecule has 6 aromatic carbocycles. The molecule has 10 rings (SSSR count). The number of fused-ring (bicyclic) bond motifs is 3. The minimum absolute atomic E-state index is 0.109. The zero-order valence-electron chi connectivity index (χ0n) is 30.8. The van der Waals surface area contributed by atoms with Gasteiger partial charge < -0.3 is 0 Å². The summed E-state index contributed by atoms with van der Waals surface area (Å²) in [6.45, 7) is 4.67. The maximum atomic E-state index is 5.22. The lowest BCUT2D eigenvalue weighted by Gasteiger charge is -2.29. The van der Waals surface area contributed by atoms with Crippen molar-refractivity contribution in [3.05, 3.63) is 186 Å². The van der Waals surface area contributed by atoms with E-state index in [1.807, 2.05) is 30.0 Å². The molecule has 0 radical (unpaired) electrons. The lowest BCUT2D eigenvalue weighted by molar-refractivity contribution is 0.698. The van der Waals surface area contributed by atoms with Gasteiger partial charge in [0, 0.05) is 16.7 Å². The van der Waals surface area contributed by atoms with Gasteiger partial charge in [0.1, 0.15) is 5.04 Å². The maximum Gasteiger partial charge on any atom is 0.164 e. The summed E-state index contributed by atoms with van der Waals surface area (Å²) in [5.41, 5.74) is 12.9. The summed E-state index contributed by atoms with van der Waals surface area (Å²) in [6.07, 6.45) is 8.81. The SMILES string of the molecule is CC1Cc2ccccc2C=C1C1=NC2=CC=C(c3ccc(-c4nc(-c5ccccc5)nc(-c5cc(-c6ccccc6)c6ccccc6c5)n4)cc3)CC2(C)S1. The van der Waals surface area contributed by atoms with Gasteiger partial charge >= 0.3 is 0 Å². The van der Waals surface area contributed by atoms with Gasteiger partial charge in [-0.1, -0.05) is 158 Å². The fourth-order valence-corrected chi connectivity index (χ4v) is 9.54. The number of hydrogen-bond donors (Lipinski definition) is 0. The summed E-state index contributed by atoms with van der Waals surface area (Å²) in [4.78, 5) is 20.5. The number of aromatic nitrogens is 3. The summed E-state index contributed by atoms with van der Waals surface area (Å²) in [6, 6.07) is 51.1. The Morgan fingerprint density at radius 1 is 0.600 bits per heavy atom. The molecule has 55 heavy (non-hydrogen) atoms. The first kappa shape index (κ1) is 33.4. The molecule has 5 heteroatoms. The van der Waals surface area contributed by atoms with E-state index in [0.717, 1.165) is 51.7 Å². The molecule has 2 aliphatic carbocycles. The normalized spacial score (nSPS) is 18.8. The van der Waals surface area contributed by atoms with E-state index in [9.17, 15) is 0 Å². The minimum atomic E-state index is -0.109. The van der Waals surface area contributed by atoms with Gasteiger partial charge in [-0.2, -0.15) is 0 Å². The molecule has 0 saturated heterocycles. The van der Waals surface area contributed by atoms with Crippen molar-refractivity contribution in [2.45, 2.75) is 31.4 Å². The standard InChI is InChI=1S/C50H38N4S/c1-32-27-37-17-9-10-18-38(37)29-43(32)49-51-45-26-25-40(31-50(45,2)55-49)33-21-23-36(24-22-33)47-52-46(35-15-7-4-8-16-35)53-48(54-47)41-28-39-19-11-12-20-42(39)44(30-41)34-13-5-3-6-14-34/h3-26,28-30,32H,27,31H2,1-2H3. The first-order chi connectivity index (χ1) is 27.0. The highest BCUT2D eigenvalue weighted by molar-refractivity contribution is 8.16. The van der Waals surface area contributed by atoms with E-state index in [1.54, 1.807) is 0 Å². The summed E-state index contributed by atoms with van der Waals surface area (Å²) >= 11 is 1.92. The second-order valence-corrected chi connectivity index (χ2v) is 16.4. The van der Waals surface area contributed by atoms with Crippen LogP contribution in [0.15, 0.2) is 174 Å². The van der Waals surface area contributed by atoms with Crippen molar-refractivity contribution in [2.24, 2.45) is 10.9 Å². The van der Waals surface area contributed by atoms with E-state index < -0.39 is 0 Å². The van der Waals surface area contributed by atoms with Crippen molar-refractivity contribution in [3.8, 4) is 45.3 Å². The van der Waals surface area contributed by atoms with E-state index in [4.69, 9.17) is 19.9 Å². The molecule has 0 fully saturated rings. The first-order valence-corrected chi connectivity index (χ1v) is 19.8. The van der Waals surface area contributed by atoms with Crippen LogP contribution < -0.4 is 0 Å². The predicted octanol–water partition coefficient (Wildman–Crippen LogP) is 12.5. The highest BCUT2D eigenvalue weighted by atomic mass is 32.2. The molecule has 264 valence electrons. The van der Waals surface area contributed by atoms with Gasteiger partial charge in [0.25, 0.3) is 0 Å². The fraction of sp³-hybridized carbons (Fsp3) is 0.120. The minimum Gasteiger partial charge on any atom is -0.245 e. The first-order valence-electron chi connectivity index (χ1n) is 19.0. The molecule has 3 aliphatic rings. The van der Waals surface area contributed by atoms with Crippen LogP contribution in [0.4, 0.5) is 0 Å². The van der Waals surface area contributed by atoms with Gasteiger partial charge in [-0.3, -0.25) is 0 Å². The summed E-state index contributed by atoms with van der Waals surface area (Å²) in [5.74, 6) is 2.39. The number of rotatable bonds is 6. The van der Waals surface area contributed by atoms with E-state index in [-0.39, 0.29) is 4.75 Å². The molecule has 1 aromatic heterocycles. The second kappa shape index (κ2) is 13.6. The second-order valence-electron chi connectivity index (χ2n) is 14.9. The molecule has 2 unspecified atom stereocenters. The quantitative estimate of drug-likeness (QED) is 0.171. The third-order valence-corrected chi connectivity index (χ3v) is 12.4. The van der Waals surface area contributed by atoms with E-state index in [2.05, 4.69) is 159 Å². The Kier molecular flexibility index (Phi) is 8.26. The topological polar surface area (TPSA) is 51.0 Å². The van der Waals surface area contributed by atoms with Gasteiger partial charge in [0.05, 0.1) is 10.4 Å². The fourth-order valence-electron chi connectivity index (χ4n) is 8.14. The Balaban J connectivity index is 0.987. The number of benzene rings is 6. The lowest BCUT2D eigenvalue weighted by Crippen LogP contribution is -2.23. The number of thioether (sulfide) groups is 1. The van der Waals surface area contributed by atoms with Gasteiger partial charge in [-0.05, 0) is 99.7 Å². The Morgan fingerprint density at radius 2 is 1.22 bits per heavy atom. The van der Waals surface area contributed by atoms with Crippen molar-refractivity contribution in [2.75, 3.05) is 0 Å². The van der Waals surface area contributed by atoms with Gasteiger partial charge in [0.15, 0.2) is 17.5 Å². The van der Waals surface area contributed by atoms with Gasteiger partial charge in [-0.15, -0.1) is 0 Å². The molecule has 0 amide bonds. The number of hydrogen-bond acceptors (Lipinski definition) is 5. The van der Waals surface area contributed by atoms with Crippen LogP contribution >= 0.6 is 11.8 Å². The molecule has 0 saturated carbocycles. The van der Waals surface area contributed by atoms with Crippen LogP contribution in [0.25, 0.3) is 67.7 Å². The largest absolute Gasteiger partial charge is 0.245 e. The molecule has 4 nitrogen and oxygen atoms in total. The third kappa shape index (κ3) is 6.25. The average Bonchev–Trinajstić information content (AvgIpc) is 3.60. The zero-order chi connectivity index (χ0) is 36.9. The van der Waals surface area contributed by atoms with Crippen molar-refractivity contribution in [3.63, 3.8) is 0 Å². The van der Waals surface area contributed by atoms with Crippen LogP contribution in [0.2, 0.25) is 0 Å². The highest BCUT2D eigenvalue weighted by Gasteiger charge is 2.41. The van der Waals surface area contributed by atoms with E-state index in [0.29, 0.717) is 23.4 Å². The van der Waals surface area contributed by atoms with Crippen molar-refractivity contribution in [1.29, 1.82) is 0 Å². The lowest BCUT2D eigenvalue weighted by atomic mass is 9.85. The summed E-state index contributed by atoms with van der Waals surface area (Å²) in [5, 5.41) is 3.51. The Labute approximate surface area is 326 Å². The number of nitrogens with zero attached hydrogens (tertiary/aromatic N) is 4. The molecule has 2 heterocycles. The molecule has 7 aromatic rings. The Morgan fingerprint density at radius 3 is 1.98 bits per heavy atom. The number of aliphatic imine (C=N–C) groups is 1. The zero-order valence-corrected chi connectivity index (χ0v) is 31.6. The van der Waals surface area contributed by atoms with Crippen molar-refractivity contribution >= 4 is 39.2 Å². The van der Waals surface area contributed by atoms with Crippen molar-refractivity contribution in [1.82, 2.24) is 15.0 Å². The summed E-state index contributed by atoms with van der Waals surface area (Å²) in [7, 11) is 0. The van der Waals surface area contributed by atoms with Crippen LogP contribution in [0.5, 0.6) is 0 Å². The highest BCUT2D eigenvalue weighted by Crippen LogP contribution is 2.51. The Hall–Kier alpha value is -6.17. The molecule has 0 N–H and O–H groups in total. The number of allylic oxidation sites excluding steroid dienone is 3. The van der Waals surface area contributed by atoms with E-state index >= 15 is 0 Å². The average molecular weight is 727 g/mol. The van der Waals surface area contributed by atoms with Gasteiger partial charge in [0.2, 0.25) is 0 Å². The molecular weight excluding hydrogens is 689 g/mol. The van der Waals surface area contributed by atoms with Crippen LogP contribution in [-0.4, -0.2) is 24.7 Å². The predicted molar refractivity (Wildman–Crippen MR) is 230 cm³/mol. The molecule has 0 bridgehead atoms. The van der Waals surface area contributed by atoms with E-state index in [1.165, 1.54) is 38.3 Å². The Bertz CT molecular complexity index is 2750. The maximum absolute atomic E-state index is 5.22. The van der Waals surface area contributed by atoms with Crippen LogP contribution in [0, 0.1) is 5.92 Å². The van der Waals surface area contributed by atoms with Crippen LogP contribution in [-0.2, 0) is 6.42 Å². The third-order valence-electron chi connectivity index (χ3n) is 11.1. The molecule has 1 aliphatic heterocycles. The monoisotopic (exact) mass is 726 g/mol. The van der Waals surface area contributed by atoms with Crippen molar-refractivity contribution < 1.29 is 0 Å². The summed E-state index contributed by atoms with van der Waals surface area (Å²) < 4.78 is -0.109. The molecular formula is C50H38N4S. The van der Waals surface area contributed by atoms with Crippen LogP contribution in [0.1, 0.15) is 37.0 Å². The smallest absolute Gasteiger partial charge is 0.164 e. The molecule has 0 spiro atoms. The van der Waals surface area contributed by atoms with Gasteiger partial charge in [-0.25, -0.2) is 19.9 Å².